The Bertz CT molecular complexity index is 753. The van der Waals surface area contributed by atoms with E-state index in [1.54, 1.807) is 0 Å². The first kappa shape index (κ1) is 15.6. The molecule has 2 heterocycles. The minimum Gasteiger partial charge on any atom is -0.504 e. The number of thioether (sulfide) groups is 1. The second kappa shape index (κ2) is 4.87. The Hall–Kier alpha value is -2.26. The topological polar surface area (TPSA) is 124 Å². The van der Waals surface area contributed by atoms with Crippen LogP contribution in [0, 0.1) is 5.82 Å². The quantitative estimate of drug-likeness (QED) is 0.460. The van der Waals surface area contributed by atoms with Gasteiger partial charge in [-0.05, 0) is 24.6 Å². The van der Waals surface area contributed by atoms with Gasteiger partial charge in [-0.3, -0.25) is 9.69 Å². The van der Waals surface area contributed by atoms with E-state index in [1.807, 2.05) is 0 Å². The number of carbonyl (C=O) groups excluding carboxylic acids is 1. The standard InChI is InChI=1S/C14H13FN2O5S/c1-14(16)12(22)17-9(11(20)21)6(4-23-13(14)17)5-2-7(15)10(19)8(18)3-5/h2-3,13,18-19H,4,16H2,1H3,(H,20,21)/t13-,14?/m0/s1. The van der Waals surface area contributed by atoms with Gasteiger partial charge in [-0.1, -0.05) is 0 Å². The molecule has 7 nitrogen and oxygen atoms in total. The molecule has 2 aliphatic rings. The number of phenolic OH excluding ortho intramolecular Hbond substituents is 2. The van der Waals surface area contributed by atoms with Crippen LogP contribution in [0.15, 0.2) is 17.8 Å². The third-order valence-corrected chi connectivity index (χ3v) is 5.41. The SMILES string of the molecule is CC1(N)C(=O)N2C(C(=O)O)=C(c3cc(O)c(O)c(F)c3)CS[C@H]21. The van der Waals surface area contributed by atoms with Crippen LogP contribution in [0.3, 0.4) is 0 Å². The Balaban J connectivity index is 2.16. The van der Waals surface area contributed by atoms with E-state index in [1.165, 1.54) is 18.7 Å². The summed E-state index contributed by atoms with van der Waals surface area (Å²) < 4.78 is 13.6. The Labute approximate surface area is 134 Å². The molecule has 0 spiro atoms. The molecule has 9 heteroatoms. The second-order valence-corrected chi connectivity index (χ2v) is 6.65. The van der Waals surface area contributed by atoms with Crippen LogP contribution in [0.1, 0.15) is 12.5 Å². The third kappa shape index (κ3) is 2.07. The molecule has 1 amide bonds. The van der Waals surface area contributed by atoms with Crippen molar-refractivity contribution in [1.82, 2.24) is 4.90 Å². The van der Waals surface area contributed by atoms with Crippen molar-refractivity contribution in [3.63, 3.8) is 0 Å². The number of aromatic hydroxyl groups is 2. The zero-order chi connectivity index (χ0) is 17.1. The van der Waals surface area contributed by atoms with Crippen LogP contribution in [-0.2, 0) is 9.59 Å². The van der Waals surface area contributed by atoms with Crippen LogP contribution >= 0.6 is 11.8 Å². The fourth-order valence-corrected chi connectivity index (χ4v) is 4.15. The Morgan fingerprint density at radius 1 is 1.48 bits per heavy atom. The Morgan fingerprint density at radius 2 is 2.13 bits per heavy atom. The van der Waals surface area contributed by atoms with Gasteiger partial charge in [0.05, 0.1) is 0 Å². The van der Waals surface area contributed by atoms with Crippen molar-refractivity contribution >= 4 is 29.2 Å². The molecule has 1 unspecified atom stereocenters. The van der Waals surface area contributed by atoms with Gasteiger partial charge in [-0.25, -0.2) is 9.18 Å². The molecular weight excluding hydrogens is 327 g/mol. The zero-order valence-electron chi connectivity index (χ0n) is 11.9. The summed E-state index contributed by atoms with van der Waals surface area (Å²) in [6.45, 7) is 1.53. The largest absolute Gasteiger partial charge is 0.504 e. The number of hydrogen-bond acceptors (Lipinski definition) is 6. The Kier molecular flexibility index (Phi) is 3.31. The third-order valence-electron chi connectivity index (χ3n) is 3.93. The zero-order valence-corrected chi connectivity index (χ0v) is 12.7. The van der Waals surface area contributed by atoms with E-state index in [9.17, 15) is 29.3 Å². The average molecular weight is 340 g/mol. The number of nitrogens with two attached hydrogens (primary N) is 1. The molecule has 5 N–H and O–H groups in total. The van der Waals surface area contributed by atoms with Gasteiger partial charge in [0.15, 0.2) is 17.3 Å². The molecule has 0 saturated carbocycles. The lowest BCUT2D eigenvalue weighted by Crippen LogP contribution is -2.76. The van der Waals surface area contributed by atoms with Gasteiger partial charge in [-0.15, -0.1) is 11.8 Å². The summed E-state index contributed by atoms with van der Waals surface area (Å²) in [5.41, 5.74) is 4.69. The van der Waals surface area contributed by atoms with E-state index in [0.717, 1.165) is 17.0 Å². The first-order chi connectivity index (χ1) is 10.7. The number of fused-ring (bicyclic) bond motifs is 1. The number of rotatable bonds is 2. The summed E-state index contributed by atoms with van der Waals surface area (Å²) in [5, 5.41) is 27.8. The predicted molar refractivity (Wildman–Crippen MR) is 80.0 cm³/mol. The smallest absolute Gasteiger partial charge is 0.352 e. The van der Waals surface area contributed by atoms with E-state index in [4.69, 9.17) is 5.73 Å². The van der Waals surface area contributed by atoms with Crippen LogP contribution < -0.4 is 5.73 Å². The lowest BCUT2D eigenvalue weighted by molar-refractivity contribution is -0.153. The highest BCUT2D eigenvalue weighted by molar-refractivity contribution is 8.00. The van der Waals surface area contributed by atoms with Crippen molar-refractivity contribution in [3.05, 3.63) is 29.2 Å². The van der Waals surface area contributed by atoms with Crippen molar-refractivity contribution in [3.8, 4) is 11.5 Å². The number of β-lactam (4-membered cyclic amide) rings is 1. The molecule has 2 aliphatic heterocycles. The number of carboxylic acid groups (broad SMARTS) is 1. The number of halogens is 1. The van der Waals surface area contributed by atoms with Crippen LogP contribution in [0.5, 0.6) is 11.5 Å². The summed E-state index contributed by atoms with van der Waals surface area (Å²) in [7, 11) is 0. The predicted octanol–water partition coefficient (Wildman–Crippen LogP) is 0.665. The second-order valence-electron chi connectivity index (χ2n) is 5.58. The summed E-state index contributed by atoms with van der Waals surface area (Å²) in [5.74, 6) is -4.41. The maximum atomic E-state index is 13.6. The monoisotopic (exact) mass is 340 g/mol. The first-order valence-electron chi connectivity index (χ1n) is 6.58. The molecule has 0 radical (unpaired) electrons. The minimum atomic E-state index is -1.35. The molecule has 0 aliphatic carbocycles. The maximum absolute atomic E-state index is 13.6. The van der Waals surface area contributed by atoms with Crippen molar-refractivity contribution in [2.45, 2.75) is 17.8 Å². The molecule has 1 aromatic carbocycles. The lowest BCUT2D eigenvalue weighted by Gasteiger charge is -2.54. The Morgan fingerprint density at radius 3 is 2.70 bits per heavy atom. The fourth-order valence-electron chi connectivity index (χ4n) is 2.73. The molecule has 1 fully saturated rings. The molecule has 1 saturated heterocycles. The average Bonchev–Trinajstić information content (AvgIpc) is 2.50. The van der Waals surface area contributed by atoms with Gasteiger partial charge in [0.25, 0.3) is 5.91 Å². The van der Waals surface area contributed by atoms with E-state index < -0.39 is 40.1 Å². The fraction of sp³-hybridized carbons (Fsp3) is 0.286. The lowest BCUT2D eigenvalue weighted by atomic mass is 9.89. The van der Waals surface area contributed by atoms with Crippen molar-refractivity contribution < 1.29 is 29.3 Å². The minimum absolute atomic E-state index is 0.0829. The summed E-state index contributed by atoms with van der Waals surface area (Å²) in [4.78, 5) is 24.8. The molecule has 0 aromatic heterocycles. The van der Waals surface area contributed by atoms with Crippen LogP contribution in [0.4, 0.5) is 4.39 Å². The van der Waals surface area contributed by atoms with E-state index in [2.05, 4.69) is 0 Å². The van der Waals surface area contributed by atoms with Gasteiger partial charge >= 0.3 is 5.97 Å². The van der Waals surface area contributed by atoms with Gasteiger partial charge in [0, 0.05) is 11.3 Å². The number of phenols is 2. The van der Waals surface area contributed by atoms with Crippen molar-refractivity contribution in [2.24, 2.45) is 5.73 Å². The van der Waals surface area contributed by atoms with Crippen LogP contribution in [0.25, 0.3) is 5.57 Å². The van der Waals surface area contributed by atoms with Crippen LogP contribution in [-0.4, -0.2) is 48.8 Å². The number of carboxylic acids is 1. The summed E-state index contributed by atoms with van der Waals surface area (Å²) >= 11 is 1.26. The maximum Gasteiger partial charge on any atom is 0.352 e. The number of hydrogen-bond donors (Lipinski definition) is 4. The normalized spacial score (nSPS) is 26.8. The summed E-state index contributed by atoms with van der Waals surface area (Å²) in [6.07, 6.45) is 0. The highest BCUT2D eigenvalue weighted by Gasteiger charge is 2.59. The molecule has 23 heavy (non-hydrogen) atoms. The van der Waals surface area contributed by atoms with E-state index in [-0.39, 0.29) is 22.6 Å². The van der Waals surface area contributed by atoms with E-state index in [0.29, 0.717) is 0 Å². The number of nitrogens with zero attached hydrogens (tertiary/aromatic N) is 1. The van der Waals surface area contributed by atoms with Gasteiger partial charge in [0.1, 0.15) is 16.6 Å². The molecule has 2 atom stereocenters. The molecule has 1 aromatic rings. The van der Waals surface area contributed by atoms with Gasteiger partial charge < -0.3 is 21.1 Å². The number of aliphatic carboxylic acids is 1. The van der Waals surface area contributed by atoms with Crippen molar-refractivity contribution in [1.29, 1.82) is 0 Å². The molecular formula is C14H13FN2O5S. The molecule has 122 valence electrons. The van der Waals surface area contributed by atoms with E-state index >= 15 is 0 Å². The highest BCUT2D eigenvalue weighted by Crippen LogP contribution is 2.47. The number of amides is 1. The first-order valence-corrected chi connectivity index (χ1v) is 7.63. The van der Waals surface area contributed by atoms with Crippen molar-refractivity contribution in [2.75, 3.05) is 5.75 Å². The highest BCUT2D eigenvalue weighted by atomic mass is 32.2. The summed E-state index contributed by atoms with van der Waals surface area (Å²) in [6, 6.07) is 1.98. The van der Waals surface area contributed by atoms with Gasteiger partial charge in [0.2, 0.25) is 0 Å². The molecule has 3 rings (SSSR count). The number of benzene rings is 1. The number of carbonyl (C=O) groups is 2. The van der Waals surface area contributed by atoms with Crippen LogP contribution in [0.2, 0.25) is 0 Å². The van der Waals surface area contributed by atoms with Gasteiger partial charge in [-0.2, -0.15) is 0 Å². The molecule has 0 bridgehead atoms.